The molecule has 0 saturated heterocycles. The summed E-state index contributed by atoms with van der Waals surface area (Å²) in [5, 5.41) is 4.80. The average molecular weight is 157 g/mol. The minimum atomic E-state index is -0.963. The first-order valence-corrected chi connectivity index (χ1v) is 2.72. The van der Waals surface area contributed by atoms with Crippen LogP contribution in [0.15, 0.2) is 5.11 Å². The summed E-state index contributed by atoms with van der Waals surface area (Å²) < 4.78 is 0. The predicted octanol–water partition coefficient (Wildman–Crippen LogP) is -0.120. The number of carbonyl (C=O) groups is 2. The van der Waals surface area contributed by atoms with Crippen LogP contribution in [0.1, 0.15) is 6.92 Å². The number of imide groups is 1. The lowest BCUT2D eigenvalue weighted by Crippen LogP contribution is -2.39. The van der Waals surface area contributed by atoms with Crippen LogP contribution in [-0.2, 0) is 4.79 Å². The topological polar surface area (TPSA) is 121 Å². The molecule has 3 N–H and O–H groups in total. The van der Waals surface area contributed by atoms with Crippen molar-refractivity contribution in [2.75, 3.05) is 0 Å². The van der Waals surface area contributed by atoms with Gasteiger partial charge in [-0.15, -0.1) is 0 Å². The molecule has 7 heteroatoms. The molecule has 0 radical (unpaired) electrons. The molecule has 7 nitrogen and oxygen atoms in total. The Kier molecular flexibility index (Phi) is 3.47. The molecule has 0 aliphatic heterocycles. The third kappa shape index (κ3) is 3.77. The number of rotatable bonds is 2. The van der Waals surface area contributed by atoms with E-state index >= 15 is 0 Å². The second-order valence-corrected chi connectivity index (χ2v) is 1.73. The first-order valence-electron chi connectivity index (χ1n) is 2.72. The number of nitrogens with one attached hydrogen (secondary N) is 1. The number of amides is 3. The Morgan fingerprint density at radius 3 is 2.64 bits per heavy atom. The monoisotopic (exact) mass is 157 g/mol. The smallest absolute Gasteiger partial charge is 0.318 e. The minimum absolute atomic E-state index is 0.713. The van der Waals surface area contributed by atoms with Crippen LogP contribution < -0.4 is 11.1 Å². The van der Waals surface area contributed by atoms with Gasteiger partial charge in [-0.25, -0.2) is 4.79 Å². The number of nitrogens with two attached hydrogens (primary N) is 1. The third-order valence-corrected chi connectivity index (χ3v) is 0.851. The fraction of sp³-hybridized carbons (Fsp3) is 0.500. The number of nitrogens with zero attached hydrogens (tertiary/aromatic N) is 3. The molecule has 1 atom stereocenters. The number of azide groups is 1. The zero-order valence-electron chi connectivity index (χ0n) is 5.81. The van der Waals surface area contributed by atoms with Crippen molar-refractivity contribution in [1.82, 2.24) is 5.32 Å². The lowest BCUT2D eigenvalue weighted by Gasteiger charge is -2.01. The first-order chi connectivity index (χ1) is 5.07. The quantitative estimate of drug-likeness (QED) is 0.330. The third-order valence-electron chi connectivity index (χ3n) is 0.851. The highest BCUT2D eigenvalue weighted by atomic mass is 16.2. The summed E-state index contributed by atoms with van der Waals surface area (Å²) in [4.78, 5) is 23.1. The van der Waals surface area contributed by atoms with Gasteiger partial charge in [0.05, 0.1) is 0 Å². The maximum atomic E-state index is 10.7. The minimum Gasteiger partial charge on any atom is -0.351 e. The number of hydrogen-bond donors (Lipinski definition) is 2. The van der Waals surface area contributed by atoms with Gasteiger partial charge in [0.25, 0.3) is 0 Å². The van der Waals surface area contributed by atoms with Crippen molar-refractivity contribution in [1.29, 1.82) is 0 Å². The summed E-state index contributed by atoms with van der Waals surface area (Å²) in [6.45, 7) is 1.35. The van der Waals surface area contributed by atoms with E-state index in [0.717, 1.165) is 0 Å². The van der Waals surface area contributed by atoms with E-state index in [9.17, 15) is 9.59 Å². The molecule has 1 unspecified atom stereocenters. The van der Waals surface area contributed by atoms with Gasteiger partial charge in [-0.05, 0) is 12.5 Å². The van der Waals surface area contributed by atoms with Crippen LogP contribution in [0.25, 0.3) is 10.4 Å². The highest BCUT2D eigenvalue weighted by molar-refractivity contribution is 5.96. The van der Waals surface area contributed by atoms with Crippen molar-refractivity contribution in [3.63, 3.8) is 0 Å². The van der Waals surface area contributed by atoms with Gasteiger partial charge >= 0.3 is 6.03 Å². The number of primary amides is 1. The number of urea groups is 1. The summed E-state index contributed by atoms with van der Waals surface area (Å²) in [5.41, 5.74) is 12.5. The maximum Gasteiger partial charge on any atom is 0.318 e. The van der Waals surface area contributed by atoms with Crippen LogP contribution in [0.4, 0.5) is 4.79 Å². The molecule has 0 fully saturated rings. The van der Waals surface area contributed by atoms with E-state index in [4.69, 9.17) is 5.53 Å². The van der Waals surface area contributed by atoms with E-state index in [2.05, 4.69) is 15.8 Å². The fourth-order valence-corrected chi connectivity index (χ4v) is 0.356. The van der Waals surface area contributed by atoms with E-state index in [1.54, 1.807) is 5.32 Å². The summed E-state index contributed by atoms with van der Waals surface area (Å²) in [7, 11) is 0. The Bertz CT molecular complexity index is 219. The molecule has 0 saturated carbocycles. The predicted molar refractivity (Wildman–Crippen MR) is 36.3 cm³/mol. The molecular formula is C4H7N5O2. The molecule has 0 aromatic carbocycles. The number of carbonyl (C=O) groups excluding carboxylic acids is 2. The second-order valence-electron chi connectivity index (χ2n) is 1.73. The van der Waals surface area contributed by atoms with Gasteiger partial charge in [0.2, 0.25) is 5.91 Å². The van der Waals surface area contributed by atoms with Crippen LogP contribution in [0.5, 0.6) is 0 Å². The van der Waals surface area contributed by atoms with Gasteiger partial charge in [-0.1, -0.05) is 5.11 Å². The molecule has 3 amide bonds. The summed E-state index contributed by atoms with van der Waals surface area (Å²) in [6, 6.07) is -1.89. The van der Waals surface area contributed by atoms with Crippen molar-refractivity contribution in [2.45, 2.75) is 13.0 Å². The van der Waals surface area contributed by atoms with Gasteiger partial charge < -0.3 is 5.73 Å². The van der Waals surface area contributed by atoms with Crippen molar-refractivity contribution in [3.8, 4) is 0 Å². The highest BCUT2D eigenvalue weighted by Crippen LogP contribution is 1.88. The summed E-state index contributed by atoms with van der Waals surface area (Å²) >= 11 is 0. The van der Waals surface area contributed by atoms with Crippen LogP contribution in [0.2, 0.25) is 0 Å². The molecule has 0 aromatic rings. The van der Waals surface area contributed by atoms with Gasteiger partial charge in [-0.3, -0.25) is 10.1 Å². The van der Waals surface area contributed by atoms with Gasteiger partial charge in [0.15, 0.2) is 0 Å². The van der Waals surface area contributed by atoms with E-state index in [1.165, 1.54) is 6.92 Å². The molecule has 0 rings (SSSR count). The molecule has 0 aliphatic carbocycles. The Labute approximate surface area is 62.2 Å². The van der Waals surface area contributed by atoms with E-state index in [-0.39, 0.29) is 0 Å². The Morgan fingerprint density at radius 2 is 2.27 bits per heavy atom. The van der Waals surface area contributed by atoms with Gasteiger partial charge in [0, 0.05) is 4.91 Å². The van der Waals surface area contributed by atoms with Gasteiger partial charge in [-0.2, -0.15) is 0 Å². The summed E-state index contributed by atoms with van der Waals surface area (Å²) in [6.07, 6.45) is 0. The molecule has 0 aliphatic rings. The Hall–Kier alpha value is -1.75. The normalized spacial score (nSPS) is 11.0. The number of hydrogen-bond acceptors (Lipinski definition) is 3. The second kappa shape index (κ2) is 4.13. The highest BCUT2D eigenvalue weighted by Gasteiger charge is 2.11. The summed E-state index contributed by atoms with van der Waals surface area (Å²) in [5.74, 6) is -0.713. The zero-order chi connectivity index (χ0) is 8.85. The average Bonchev–Trinajstić information content (AvgIpc) is 1.86. The Morgan fingerprint density at radius 1 is 1.73 bits per heavy atom. The maximum absolute atomic E-state index is 10.7. The van der Waals surface area contributed by atoms with Crippen LogP contribution in [-0.4, -0.2) is 18.0 Å². The van der Waals surface area contributed by atoms with E-state index < -0.39 is 18.0 Å². The lowest BCUT2D eigenvalue weighted by atomic mass is 10.3. The SMILES string of the molecule is CC(N=[N+]=[N-])C(=O)NC(N)=O. The lowest BCUT2D eigenvalue weighted by molar-refractivity contribution is -0.120. The first kappa shape index (κ1) is 9.25. The fourth-order valence-electron chi connectivity index (χ4n) is 0.356. The van der Waals surface area contributed by atoms with Crippen molar-refractivity contribution in [2.24, 2.45) is 10.8 Å². The van der Waals surface area contributed by atoms with Crippen molar-refractivity contribution >= 4 is 11.9 Å². The van der Waals surface area contributed by atoms with Crippen LogP contribution >= 0.6 is 0 Å². The van der Waals surface area contributed by atoms with E-state index in [0.29, 0.717) is 0 Å². The van der Waals surface area contributed by atoms with Gasteiger partial charge in [0.1, 0.15) is 6.04 Å². The molecule has 0 aromatic heterocycles. The molecular weight excluding hydrogens is 150 g/mol. The van der Waals surface area contributed by atoms with E-state index in [1.807, 2.05) is 0 Å². The molecule has 11 heavy (non-hydrogen) atoms. The van der Waals surface area contributed by atoms with Crippen molar-refractivity contribution < 1.29 is 9.59 Å². The molecule has 60 valence electrons. The van der Waals surface area contributed by atoms with Crippen LogP contribution in [0.3, 0.4) is 0 Å². The van der Waals surface area contributed by atoms with Crippen LogP contribution in [0, 0.1) is 0 Å². The molecule has 0 heterocycles. The molecule has 0 spiro atoms. The zero-order valence-corrected chi connectivity index (χ0v) is 5.81. The largest absolute Gasteiger partial charge is 0.351 e. The standard InChI is InChI=1S/C4H7N5O2/c1-2(8-9-6)3(10)7-4(5)11/h2H,1H3,(H3,5,7,10,11). The molecule has 0 bridgehead atoms. The van der Waals surface area contributed by atoms with Crippen molar-refractivity contribution in [3.05, 3.63) is 10.4 Å². The Balaban J connectivity index is 4.03.